The molecule has 0 heterocycles. The SMILES string of the molecule is CC1=C(/C=C/C(C)CC=C\C(C)=C/C=C\C=C(C)/C=C/C=C(\C)CCC2=C(C)CCCC2(C)C)C(C)(C)CCC1. The monoisotopic (exact) mass is 540 g/mol. The number of hydrogen-bond donors (Lipinski definition) is 0. The second-order valence-corrected chi connectivity index (χ2v) is 14.0. The molecule has 0 saturated heterocycles. The summed E-state index contributed by atoms with van der Waals surface area (Å²) in [5, 5.41) is 0. The van der Waals surface area contributed by atoms with E-state index in [1.807, 2.05) is 0 Å². The molecule has 2 rings (SSSR count). The standard InChI is InChI=1S/C40H60/c1-31(19-13-21-33(3)25-27-37-35(5)23-15-29-39(37,7)8)17-11-12-18-32(2)20-14-22-34(4)26-28-38-36(6)24-16-30-40(38,9)10/h11-14,17-21,26,28,34H,15-16,22-25,27,29-30H2,1-10H3/b12-11-,19-13+,20-14?,28-26+,31-17-,32-18-,33-21+. The van der Waals surface area contributed by atoms with Gasteiger partial charge in [0.1, 0.15) is 0 Å². The maximum Gasteiger partial charge on any atom is -0.0104 e. The van der Waals surface area contributed by atoms with E-state index in [0.717, 1.165) is 12.8 Å². The van der Waals surface area contributed by atoms with Crippen LogP contribution >= 0.6 is 0 Å². The maximum atomic E-state index is 2.43. The van der Waals surface area contributed by atoms with Gasteiger partial charge in [-0.2, -0.15) is 0 Å². The first-order valence-corrected chi connectivity index (χ1v) is 15.9. The lowest BCUT2D eigenvalue weighted by Gasteiger charge is -2.34. The summed E-state index contributed by atoms with van der Waals surface area (Å²) in [7, 11) is 0. The molecule has 0 aromatic heterocycles. The van der Waals surface area contributed by atoms with E-state index in [-0.39, 0.29) is 0 Å². The molecule has 0 saturated carbocycles. The van der Waals surface area contributed by atoms with Crippen molar-refractivity contribution >= 4 is 0 Å². The molecule has 0 heteroatoms. The van der Waals surface area contributed by atoms with Crippen LogP contribution in [0, 0.1) is 16.7 Å². The van der Waals surface area contributed by atoms with Crippen LogP contribution < -0.4 is 0 Å². The summed E-state index contributed by atoms with van der Waals surface area (Å²) in [6.07, 6.45) is 36.0. The fraction of sp³-hybridized carbons (Fsp3) is 0.550. The zero-order chi connectivity index (χ0) is 29.8. The third kappa shape index (κ3) is 11.6. The fourth-order valence-corrected chi connectivity index (χ4v) is 6.34. The largest absolute Gasteiger partial charge is 0.0837 e. The van der Waals surface area contributed by atoms with Gasteiger partial charge in [0.15, 0.2) is 0 Å². The van der Waals surface area contributed by atoms with Crippen LogP contribution in [0.4, 0.5) is 0 Å². The van der Waals surface area contributed by atoms with Crippen LogP contribution in [-0.4, -0.2) is 0 Å². The molecule has 0 aromatic rings. The van der Waals surface area contributed by atoms with E-state index in [1.54, 1.807) is 22.3 Å². The van der Waals surface area contributed by atoms with Gasteiger partial charge >= 0.3 is 0 Å². The van der Waals surface area contributed by atoms with E-state index in [2.05, 4.69) is 136 Å². The van der Waals surface area contributed by atoms with Crippen LogP contribution in [0.1, 0.15) is 127 Å². The Morgan fingerprint density at radius 3 is 2.00 bits per heavy atom. The maximum absolute atomic E-state index is 2.43. The predicted octanol–water partition coefficient (Wildman–Crippen LogP) is 12.9. The Bertz CT molecular complexity index is 1110. The van der Waals surface area contributed by atoms with Crippen molar-refractivity contribution in [2.24, 2.45) is 16.7 Å². The van der Waals surface area contributed by atoms with E-state index in [4.69, 9.17) is 0 Å². The molecule has 40 heavy (non-hydrogen) atoms. The molecule has 2 aliphatic rings. The normalized spacial score (nSPS) is 22.1. The van der Waals surface area contributed by atoms with Gasteiger partial charge in [-0.3, -0.25) is 0 Å². The molecular weight excluding hydrogens is 480 g/mol. The van der Waals surface area contributed by atoms with Crippen LogP contribution in [0.15, 0.2) is 106 Å². The molecule has 2 aliphatic carbocycles. The molecule has 0 aromatic carbocycles. The lowest BCUT2D eigenvalue weighted by molar-refractivity contribution is 0.354. The van der Waals surface area contributed by atoms with Crippen molar-refractivity contribution in [2.45, 2.75) is 127 Å². The number of allylic oxidation sites excluding steroid dienone is 18. The summed E-state index contributed by atoms with van der Waals surface area (Å²) in [6.45, 7) is 23.2. The Morgan fingerprint density at radius 1 is 0.775 bits per heavy atom. The van der Waals surface area contributed by atoms with Gasteiger partial charge < -0.3 is 0 Å². The van der Waals surface area contributed by atoms with Gasteiger partial charge in [0, 0.05) is 0 Å². The van der Waals surface area contributed by atoms with Crippen molar-refractivity contribution in [3.63, 3.8) is 0 Å². The quantitative estimate of drug-likeness (QED) is 0.170. The lowest BCUT2D eigenvalue weighted by atomic mass is 9.71. The smallest absolute Gasteiger partial charge is 0.0104 e. The highest BCUT2D eigenvalue weighted by Crippen LogP contribution is 2.43. The molecule has 0 bridgehead atoms. The van der Waals surface area contributed by atoms with Gasteiger partial charge in [-0.25, -0.2) is 0 Å². The first-order chi connectivity index (χ1) is 18.8. The molecule has 1 unspecified atom stereocenters. The van der Waals surface area contributed by atoms with Gasteiger partial charge in [0.25, 0.3) is 0 Å². The Balaban J connectivity index is 1.79. The van der Waals surface area contributed by atoms with Crippen molar-refractivity contribution in [1.82, 2.24) is 0 Å². The second-order valence-electron chi connectivity index (χ2n) is 14.0. The Kier molecular flexibility index (Phi) is 13.7. The van der Waals surface area contributed by atoms with Gasteiger partial charge in [-0.15, -0.1) is 0 Å². The van der Waals surface area contributed by atoms with Crippen LogP contribution in [0.5, 0.6) is 0 Å². The van der Waals surface area contributed by atoms with Crippen LogP contribution in [-0.2, 0) is 0 Å². The topological polar surface area (TPSA) is 0 Å². The summed E-state index contributed by atoms with van der Waals surface area (Å²) in [5.41, 5.74) is 11.2. The molecule has 0 N–H and O–H groups in total. The molecular formula is C40H60. The molecule has 220 valence electrons. The number of hydrogen-bond acceptors (Lipinski definition) is 0. The zero-order valence-electron chi connectivity index (χ0n) is 27.8. The highest BCUT2D eigenvalue weighted by molar-refractivity contribution is 5.33. The van der Waals surface area contributed by atoms with Gasteiger partial charge in [0.05, 0.1) is 0 Å². The van der Waals surface area contributed by atoms with Gasteiger partial charge in [-0.1, -0.05) is 135 Å². The van der Waals surface area contributed by atoms with Crippen molar-refractivity contribution in [1.29, 1.82) is 0 Å². The third-order valence-corrected chi connectivity index (χ3v) is 9.05. The molecule has 0 nitrogen and oxygen atoms in total. The third-order valence-electron chi connectivity index (χ3n) is 9.05. The number of rotatable bonds is 12. The van der Waals surface area contributed by atoms with Crippen molar-refractivity contribution in [3.8, 4) is 0 Å². The highest BCUT2D eigenvalue weighted by Gasteiger charge is 2.28. The molecule has 0 fully saturated rings. The first-order valence-electron chi connectivity index (χ1n) is 15.9. The van der Waals surface area contributed by atoms with E-state index < -0.39 is 0 Å². The molecule has 1 atom stereocenters. The second kappa shape index (κ2) is 16.2. The average Bonchev–Trinajstić information content (AvgIpc) is 2.85. The predicted molar refractivity (Wildman–Crippen MR) is 182 cm³/mol. The van der Waals surface area contributed by atoms with Gasteiger partial charge in [0.2, 0.25) is 0 Å². The molecule has 0 aliphatic heterocycles. The van der Waals surface area contributed by atoms with Gasteiger partial charge in [-0.05, 0) is 115 Å². The summed E-state index contributed by atoms with van der Waals surface area (Å²) in [4.78, 5) is 0. The van der Waals surface area contributed by atoms with Crippen molar-refractivity contribution in [3.05, 3.63) is 106 Å². The molecule has 0 amide bonds. The van der Waals surface area contributed by atoms with E-state index in [9.17, 15) is 0 Å². The zero-order valence-corrected chi connectivity index (χ0v) is 27.8. The summed E-state index contributed by atoms with van der Waals surface area (Å²) in [6, 6.07) is 0. The lowest BCUT2D eigenvalue weighted by Crippen LogP contribution is -2.20. The van der Waals surface area contributed by atoms with Crippen molar-refractivity contribution < 1.29 is 0 Å². The Hall–Kier alpha value is -2.34. The summed E-state index contributed by atoms with van der Waals surface area (Å²) in [5.74, 6) is 0.549. The summed E-state index contributed by atoms with van der Waals surface area (Å²) < 4.78 is 0. The molecule has 0 spiro atoms. The van der Waals surface area contributed by atoms with E-state index in [1.165, 1.54) is 61.7 Å². The minimum Gasteiger partial charge on any atom is -0.0837 e. The summed E-state index contributed by atoms with van der Waals surface area (Å²) >= 11 is 0. The molecule has 0 radical (unpaired) electrons. The highest BCUT2D eigenvalue weighted by atomic mass is 14.3. The fourth-order valence-electron chi connectivity index (χ4n) is 6.34. The van der Waals surface area contributed by atoms with Crippen molar-refractivity contribution in [2.75, 3.05) is 0 Å². The van der Waals surface area contributed by atoms with Crippen LogP contribution in [0.25, 0.3) is 0 Å². The Labute approximate surface area is 249 Å². The van der Waals surface area contributed by atoms with Crippen LogP contribution in [0.3, 0.4) is 0 Å². The first kappa shape index (κ1) is 33.9. The van der Waals surface area contributed by atoms with E-state index >= 15 is 0 Å². The minimum absolute atomic E-state index is 0.321. The average molecular weight is 541 g/mol. The minimum atomic E-state index is 0.321. The van der Waals surface area contributed by atoms with Crippen LogP contribution in [0.2, 0.25) is 0 Å². The van der Waals surface area contributed by atoms with E-state index in [0.29, 0.717) is 16.7 Å². The Morgan fingerprint density at radius 2 is 1.38 bits per heavy atom.